The molecule has 0 bridgehead atoms. The molecule has 0 aliphatic carbocycles. The van der Waals surface area contributed by atoms with Gasteiger partial charge in [0.15, 0.2) is 0 Å². The molecule has 0 aromatic heterocycles. The summed E-state index contributed by atoms with van der Waals surface area (Å²) in [5, 5.41) is 0. The maximum Gasteiger partial charge on any atom is 0.140 e. The van der Waals surface area contributed by atoms with E-state index in [4.69, 9.17) is 0 Å². The summed E-state index contributed by atoms with van der Waals surface area (Å²) in [6, 6.07) is 10.3. The van der Waals surface area contributed by atoms with Crippen LogP contribution < -0.4 is 0 Å². The summed E-state index contributed by atoms with van der Waals surface area (Å²) >= 11 is 1.08. The zero-order valence-electron chi connectivity index (χ0n) is 9.63. The van der Waals surface area contributed by atoms with E-state index in [9.17, 15) is 8.78 Å². The molecule has 0 N–H and O–H groups in total. The molecule has 0 amide bonds. The Balaban J connectivity index is 2.50. The Morgan fingerprint density at radius 2 is 1.41 bits per heavy atom. The second kappa shape index (κ2) is 4.88. The lowest BCUT2D eigenvalue weighted by molar-refractivity contribution is 0.542. The van der Waals surface area contributed by atoms with Crippen molar-refractivity contribution in [3.63, 3.8) is 0 Å². The highest BCUT2D eigenvalue weighted by atomic mass is 32.2. The molecule has 0 atom stereocenters. The average molecular weight is 250 g/mol. The Labute approximate surface area is 104 Å². The Morgan fingerprint density at radius 1 is 0.882 bits per heavy atom. The summed E-state index contributed by atoms with van der Waals surface area (Å²) in [5.41, 5.74) is 2.51. The van der Waals surface area contributed by atoms with Crippen LogP contribution in [0.3, 0.4) is 0 Å². The molecule has 0 aliphatic heterocycles. The lowest BCUT2D eigenvalue weighted by Gasteiger charge is -2.06. The fourth-order valence-electron chi connectivity index (χ4n) is 1.67. The fourth-order valence-corrected chi connectivity index (χ4v) is 2.18. The molecule has 2 rings (SSSR count). The van der Waals surface area contributed by atoms with Crippen LogP contribution in [0.1, 0.15) is 5.56 Å². The molecule has 0 saturated carbocycles. The van der Waals surface area contributed by atoms with E-state index in [1.54, 1.807) is 6.26 Å². The van der Waals surface area contributed by atoms with Gasteiger partial charge in [-0.15, -0.1) is 11.8 Å². The first-order valence-electron chi connectivity index (χ1n) is 5.22. The predicted molar refractivity (Wildman–Crippen MR) is 68.3 cm³/mol. The van der Waals surface area contributed by atoms with Gasteiger partial charge in [-0.25, -0.2) is 8.78 Å². The Morgan fingerprint density at radius 3 is 1.88 bits per heavy atom. The molecule has 0 heterocycles. The summed E-state index contributed by atoms with van der Waals surface area (Å²) in [6.45, 7) is 1.97. The number of thioether (sulfide) groups is 1. The number of aryl methyl sites for hydroxylation is 1. The molecule has 2 aromatic rings. The monoisotopic (exact) mass is 250 g/mol. The predicted octanol–water partition coefficient (Wildman–Crippen LogP) is 4.66. The van der Waals surface area contributed by atoms with Gasteiger partial charge in [-0.2, -0.15) is 0 Å². The first-order valence-corrected chi connectivity index (χ1v) is 6.44. The smallest absolute Gasteiger partial charge is 0.140 e. The minimum atomic E-state index is -0.506. The summed E-state index contributed by atoms with van der Waals surface area (Å²) in [5.74, 6) is -1.01. The van der Waals surface area contributed by atoms with Crippen molar-refractivity contribution in [1.82, 2.24) is 0 Å². The van der Waals surface area contributed by atoms with E-state index in [2.05, 4.69) is 0 Å². The molecule has 3 heteroatoms. The quantitative estimate of drug-likeness (QED) is 0.698. The number of benzene rings is 2. The molecule has 0 unspecified atom stereocenters. The lowest BCUT2D eigenvalue weighted by Crippen LogP contribution is -1.89. The molecular formula is C14H12F2S. The molecule has 0 fully saturated rings. The van der Waals surface area contributed by atoms with Crippen molar-refractivity contribution < 1.29 is 8.78 Å². The normalized spacial score (nSPS) is 10.6. The SMILES string of the molecule is CSc1c(F)cc(-c2ccc(C)cc2)cc1F. The summed E-state index contributed by atoms with van der Waals surface area (Å²) in [4.78, 5) is 0.0702. The lowest BCUT2D eigenvalue weighted by atomic mass is 10.0. The number of hydrogen-bond donors (Lipinski definition) is 0. The third-order valence-electron chi connectivity index (χ3n) is 2.59. The minimum absolute atomic E-state index is 0.0702. The van der Waals surface area contributed by atoms with Crippen LogP contribution in [-0.2, 0) is 0 Å². The van der Waals surface area contributed by atoms with Crippen molar-refractivity contribution >= 4 is 11.8 Å². The van der Waals surface area contributed by atoms with Gasteiger partial charge < -0.3 is 0 Å². The highest BCUT2D eigenvalue weighted by Crippen LogP contribution is 2.29. The molecule has 0 nitrogen and oxygen atoms in total. The van der Waals surface area contributed by atoms with Crippen molar-refractivity contribution in [2.45, 2.75) is 11.8 Å². The second-order valence-electron chi connectivity index (χ2n) is 3.84. The van der Waals surface area contributed by atoms with Crippen molar-refractivity contribution in [3.8, 4) is 11.1 Å². The highest BCUT2D eigenvalue weighted by Gasteiger charge is 2.10. The van der Waals surface area contributed by atoms with Gasteiger partial charge in [0.1, 0.15) is 11.6 Å². The van der Waals surface area contributed by atoms with E-state index >= 15 is 0 Å². The third-order valence-corrected chi connectivity index (χ3v) is 3.39. The molecule has 17 heavy (non-hydrogen) atoms. The van der Waals surface area contributed by atoms with E-state index in [-0.39, 0.29) is 4.90 Å². The second-order valence-corrected chi connectivity index (χ2v) is 4.66. The van der Waals surface area contributed by atoms with Crippen LogP contribution in [0.5, 0.6) is 0 Å². The van der Waals surface area contributed by atoms with Crippen LogP contribution >= 0.6 is 11.8 Å². The van der Waals surface area contributed by atoms with Crippen molar-refractivity contribution in [1.29, 1.82) is 0 Å². The van der Waals surface area contributed by atoms with E-state index in [0.717, 1.165) is 22.9 Å². The van der Waals surface area contributed by atoms with Crippen LogP contribution in [0.2, 0.25) is 0 Å². The fraction of sp³-hybridized carbons (Fsp3) is 0.143. The van der Waals surface area contributed by atoms with Gasteiger partial charge in [-0.1, -0.05) is 29.8 Å². The van der Waals surface area contributed by atoms with Gasteiger partial charge in [0.2, 0.25) is 0 Å². The third kappa shape index (κ3) is 2.50. The summed E-state index contributed by atoms with van der Waals surface area (Å²) < 4.78 is 27.2. The number of halogens is 2. The van der Waals surface area contributed by atoms with Gasteiger partial charge in [-0.05, 0) is 36.4 Å². The first kappa shape index (κ1) is 12.1. The minimum Gasteiger partial charge on any atom is -0.206 e. The summed E-state index contributed by atoms with van der Waals surface area (Å²) in [6.07, 6.45) is 1.66. The van der Waals surface area contributed by atoms with Crippen LogP contribution in [0, 0.1) is 18.6 Å². The molecule has 0 spiro atoms. The Hall–Kier alpha value is -1.35. The maximum atomic E-state index is 13.6. The van der Waals surface area contributed by atoms with E-state index in [1.807, 2.05) is 31.2 Å². The van der Waals surface area contributed by atoms with Crippen LogP contribution in [0.15, 0.2) is 41.3 Å². The number of hydrogen-bond acceptors (Lipinski definition) is 1. The van der Waals surface area contributed by atoms with Gasteiger partial charge in [0.25, 0.3) is 0 Å². The zero-order valence-corrected chi connectivity index (χ0v) is 10.4. The van der Waals surface area contributed by atoms with E-state index in [0.29, 0.717) is 5.56 Å². The first-order chi connectivity index (χ1) is 8.11. The Kier molecular flexibility index (Phi) is 3.48. The molecule has 2 aromatic carbocycles. The molecular weight excluding hydrogens is 238 g/mol. The highest BCUT2D eigenvalue weighted by molar-refractivity contribution is 7.98. The van der Waals surface area contributed by atoms with Crippen molar-refractivity contribution in [2.75, 3.05) is 6.26 Å². The van der Waals surface area contributed by atoms with Gasteiger partial charge >= 0.3 is 0 Å². The number of rotatable bonds is 2. The van der Waals surface area contributed by atoms with Crippen LogP contribution in [0.4, 0.5) is 8.78 Å². The Bertz CT molecular complexity index is 509. The van der Waals surface area contributed by atoms with Crippen molar-refractivity contribution in [2.24, 2.45) is 0 Å². The molecule has 0 radical (unpaired) electrons. The average Bonchev–Trinajstić information content (AvgIpc) is 2.29. The molecule has 0 aliphatic rings. The van der Waals surface area contributed by atoms with Crippen molar-refractivity contribution in [3.05, 3.63) is 53.6 Å². The van der Waals surface area contributed by atoms with E-state index in [1.165, 1.54) is 12.1 Å². The van der Waals surface area contributed by atoms with Crippen LogP contribution in [0.25, 0.3) is 11.1 Å². The van der Waals surface area contributed by atoms with Gasteiger partial charge in [0.05, 0.1) is 4.90 Å². The van der Waals surface area contributed by atoms with Crippen LogP contribution in [-0.4, -0.2) is 6.26 Å². The topological polar surface area (TPSA) is 0 Å². The standard InChI is InChI=1S/C14H12F2S/c1-9-3-5-10(6-4-9)11-7-12(15)14(17-2)13(16)8-11/h3-8H,1-2H3. The van der Waals surface area contributed by atoms with Gasteiger partial charge in [0, 0.05) is 0 Å². The van der Waals surface area contributed by atoms with Gasteiger partial charge in [-0.3, -0.25) is 0 Å². The maximum absolute atomic E-state index is 13.6. The zero-order chi connectivity index (χ0) is 12.4. The summed E-state index contributed by atoms with van der Waals surface area (Å²) in [7, 11) is 0. The molecule has 88 valence electrons. The largest absolute Gasteiger partial charge is 0.206 e. The molecule has 0 saturated heterocycles. The van der Waals surface area contributed by atoms with E-state index < -0.39 is 11.6 Å².